The smallest absolute Gasteiger partial charge is 0.261 e. The lowest BCUT2D eigenvalue weighted by Crippen LogP contribution is -2.12. The van der Waals surface area contributed by atoms with Crippen molar-refractivity contribution in [2.24, 2.45) is 0 Å². The molecule has 0 radical (unpaired) electrons. The normalized spacial score (nSPS) is 11.9. The number of hydrogen-bond acceptors (Lipinski definition) is 2. The van der Waals surface area contributed by atoms with Crippen LogP contribution in [0, 0.1) is 0 Å². The summed E-state index contributed by atoms with van der Waals surface area (Å²) in [6.07, 6.45) is 18.7. The summed E-state index contributed by atoms with van der Waals surface area (Å²) in [7, 11) is -4.23. The fourth-order valence-corrected chi connectivity index (χ4v) is 7.93. The summed E-state index contributed by atoms with van der Waals surface area (Å²) in [4.78, 5) is 0. The third kappa shape index (κ3) is 18.4. The maximum Gasteiger partial charge on any atom is 0.261 e. The van der Waals surface area contributed by atoms with Gasteiger partial charge in [-0.1, -0.05) is 53.4 Å². The molecule has 0 rings (SSSR count). The number of hydrogen-bond donors (Lipinski definition) is 1. The fourth-order valence-electron chi connectivity index (χ4n) is 2.64. The minimum Gasteiger partial charge on any atom is -0.286 e. The molecule has 22 heavy (non-hydrogen) atoms. The molecule has 0 fully saturated rings. The highest BCUT2D eigenvalue weighted by Gasteiger charge is 2.34. The van der Waals surface area contributed by atoms with Crippen molar-refractivity contribution >= 4 is 17.4 Å². The lowest BCUT2D eigenvalue weighted by atomic mass is 10.4. The van der Waals surface area contributed by atoms with Crippen LogP contribution in [0.2, 0.25) is 0 Å². The van der Waals surface area contributed by atoms with E-state index >= 15 is 0 Å². The molecule has 0 aromatic heterocycles. The summed E-state index contributed by atoms with van der Waals surface area (Å²) >= 11 is 0. The molecular formula is C17H40O3PS+. The second kappa shape index (κ2) is 14.9. The third-order valence-electron chi connectivity index (χ3n) is 3.94. The second-order valence-corrected chi connectivity index (χ2v) is 12.3. The maximum atomic E-state index is 9.19. The van der Waals surface area contributed by atoms with Crippen molar-refractivity contribution in [3.05, 3.63) is 0 Å². The molecule has 1 N–H and O–H groups in total. The molecule has 0 saturated heterocycles. The first-order valence-electron chi connectivity index (χ1n) is 9.02. The molecular weight excluding hydrogens is 315 g/mol. The average Bonchev–Trinajstić information content (AvgIpc) is 2.44. The fraction of sp³-hybridized carbons (Fsp3) is 1.00. The van der Waals surface area contributed by atoms with Crippen molar-refractivity contribution in [3.63, 3.8) is 0 Å². The van der Waals surface area contributed by atoms with Crippen molar-refractivity contribution in [1.29, 1.82) is 0 Å². The summed E-state index contributed by atoms with van der Waals surface area (Å²) in [6, 6.07) is 0. The monoisotopic (exact) mass is 355 g/mol. The van der Waals surface area contributed by atoms with Crippen LogP contribution in [0.15, 0.2) is 0 Å². The zero-order chi connectivity index (χ0) is 17.5. The van der Waals surface area contributed by atoms with Crippen molar-refractivity contribution in [2.45, 2.75) is 79.1 Å². The Bertz CT molecular complexity index is 283. The zero-order valence-electron chi connectivity index (χ0n) is 15.6. The van der Waals surface area contributed by atoms with Crippen LogP contribution in [-0.4, -0.2) is 43.9 Å². The molecule has 0 atom stereocenters. The van der Waals surface area contributed by atoms with Crippen molar-refractivity contribution in [1.82, 2.24) is 0 Å². The summed E-state index contributed by atoms with van der Waals surface area (Å²) < 4.78 is 25.9. The lowest BCUT2D eigenvalue weighted by molar-refractivity contribution is 0.490. The van der Waals surface area contributed by atoms with Gasteiger partial charge >= 0.3 is 0 Å². The van der Waals surface area contributed by atoms with E-state index < -0.39 is 17.4 Å². The van der Waals surface area contributed by atoms with Crippen molar-refractivity contribution in [3.8, 4) is 0 Å². The highest BCUT2D eigenvalue weighted by Crippen LogP contribution is 2.61. The highest BCUT2D eigenvalue weighted by molar-refractivity contribution is 7.85. The van der Waals surface area contributed by atoms with Gasteiger partial charge in [0.1, 0.15) is 0 Å². The zero-order valence-corrected chi connectivity index (χ0v) is 17.3. The van der Waals surface area contributed by atoms with E-state index in [1.165, 1.54) is 51.4 Å². The molecule has 0 aliphatic heterocycles. The molecule has 0 spiro atoms. The van der Waals surface area contributed by atoms with Gasteiger partial charge in [0.05, 0.1) is 30.9 Å². The van der Waals surface area contributed by atoms with Crippen LogP contribution < -0.4 is 0 Å². The Kier molecular flexibility index (Phi) is 16.7. The van der Waals surface area contributed by atoms with Gasteiger partial charge in [0.15, 0.2) is 0 Å². The molecule has 0 bridgehead atoms. The van der Waals surface area contributed by atoms with Crippen LogP contribution in [0.3, 0.4) is 0 Å². The van der Waals surface area contributed by atoms with Crippen molar-refractivity contribution in [2.75, 3.05) is 30.9 Å². The highest BCUT2D eigenvalue weighted by atomic mass is 32.2. The molecule has 136 valence electrons. The standard InChI is InChI=1S/C16H36P.CH4O3S/c1-5-9-13-17(14-10-6-2,15-11-7-3)16-12-8-4;1-5(2,3)4/h5-16H2,1-4H3;1H3,(H,2,3,4)/q+1;. The molecule has 0 aromatic carbocycles. The van der Waals surface area contributed by atoms with E-state index in [0.717, 1.165) is 0 Å². The lowest BCUT2D eigenvalue weighted by Gasteiger charge is -2.28. The first-order valence-corrected chi connectivity index (χ1v) is 13.4. The van der Waals surface area contributed by atoms with Crippen LogP contribution >= 0.6 is 7.26 Å². The number of rotatable bonds is 12. The molecule has 0 heterocycles. The first kappa shape index (κ1) is 24.6. The van der Waals surface area contributed by atoms with E-state index in [9.17, 15) is 8.42 Å². The van der Waals surface area contributed by atoms with Gasteiger partial charge in [-0.3, -0.25) is 4.55 Å². The van der Waals surface area contributed by atoms with Gasteiger partial charge in [0.2, 0.25) is 0 Å². The average molecular weight is 356 g/mol. The van der Waals surface area contributed by atoms with E-state index in [4.69, 9.17) is 4.55 Å². The minimum atomic E-state index is -3.67. The number of unbranched alkanes of at least 4 members (excludes halogenated alkanes) is 4. The SMILES string of the molecule is CCCC[P+](CCCC)(CCCC)CCCC.CS(=O)(=O)O. The molecule has 0 aromatic rings. The molecule has 3 nitrogen and oxygen atoms in total. The Balaban J connectivity index is 0. The van der Waals surface area contributed by atoms with Crippen LogP contribution in [0.4, 0.5) is 0 Å². The van der Waals surface area contributed by atoms with E-state index in [0.29, 0.717) is 6.26 Å². The quantitative estimate of drug-likeness (QED) is 0.360. The van der Waals surface area contributed by atoms with Gasteiger partial charge in [-0.05, 0) is 25.7 Å². The van der Waals surface area contributed by atoms with Gasteiger partial charge in [0, 0.05) is 7.26 Å². The van der Waals surface area contributed by atoms with Crippen LogP contribution in [-0.2, 0) is 10.1 Å². The van der Waals surface area contributed by atoms with Crippen LogP contribution in [0.1, 0.15) is 79.1 Å². The predicted octanol–water partition coefficient (Wildman–Crippen LogP) is 5.71. The van der Waals surface area contributed by atoms with E-state index in [-0.39, 0.29) is 0 Å². The van der Waals surface area contributed by atoms with Gasteiger partial charge in [-0.2, -0.15) is 8.42 Å². The Morgan fingerprint density at radius 2 is 0.864 bits per heavy atom. The molecule has 0 unspecified atom stereocenters. The third-order valence-corrected chi connectivity index (χ3v) is 9.00. The second-order valence-electron chi connectivity index (χ2n) is 6.38. The van der Waals surface area contributed by atoms with E-state index in [1.807, 2.05) is 0 Å². The maximum absolute atomic E-state index is 9.19. The Morgan fingerprint density at radius 1 is 0.682 bits per heavy atom. The molecule has 5 heteroatoms. The molecule has 0 aliphatic carbocycles. The van der Waals surface area contributed by atoms with E-state index in [1.54, 1.807) is 24.6 Å². The predicted molar refractivity (Wildman–Crippen MR) is 103 cm³/mol. The molecule has 0 saturated carbocycles. The van der Waals surface area contributed by atoms with Crippen LogP contribution in [0.25, 0.3) is 0 Å². The topological polar surface area (TPSA) is 54.4 Å². The Hall–Kier alpha value is 0.340. The largest absolute Gasteiger partial charge is 0.286 e. The Morgan fingerprint density at radius 3 is 1.00 bits per heavy atom. The van der Waals surface area contributed by atoms with Crippen molar-refractivity contribution < 1.29 is 13.0 Å². The summed E-state index contributed by atoms with van der Waals surface area (Å²) in [5.41, 5.74) is 0. The van der Waals surface area contributed by atoms with Crippen LogP contribution in [0.5, 0.6) is 0 Å². The van der Waals surface area contributed by atoms with Gasteiger partial charge in [-0.15, -0.1) is 0 Å². The Labute approximate surface area is 140 Å². The first-order chi connectivity index (χ1) is 10.2. The van der Waals surface area contributed by atoms with Gasteiger partial charge < -0.3 is 0 Å². The van der Waals surface area contributed by atoms with Gasteiger partial charge in [0.25, 0.3) is 10.1 Å². The van der Waals surface area contributed by atoms with Gasteiger partial charge in [-0.25, -0.2) is 0 Å². The van der Waals surface area contributed by atoms with E-state index in [2.05, 4.69) is 27.7 Å². The molecule has 0 aliphatic rings. The molecule has 0 amide bonds. The summed E-state index contributed by atoms with van der Waals surface area (Å²) in [5, 5.41) is 0. The summed E-state index contributed by atoms with van der Waals surface area (Å²) in [5.74, 6) is 0. The summed E-state index contributed by atoms with van der Waals surface area (Å²) in [6.45, 7) is 9.42. The minimum absolute atomic E-state index is 0.562.